The topological polar surface area (TPSA) is 40.5 Å². The second-order valence-corrected chi connectivity index (χ2v) is 7.39. The molecule has 0 aliphatic heterocycles. The van der Waals surface area contributed by atoms with Crippen LogP contribution in [0.3, 0.4) is 0 Å². The van der Waals surface area contributed by atoms with E-state index in [2.05, 4.69) is 32.9 Å². The smallest absolute Gasteiger partial charge is 0.258 e. The molecule has 3 aromatic rings. The molecule has 0 saturated heterocycles. The third-order valence-electron chi connectivity index (χ3n) is 4.51. The summed E-state index contributed by atoms with van der Waals surface area (Å²) in [7, 11) is 1.62. The van der Waals surface area contributed by atoms with Gasteiger partial charge < -0.3 is 14.0 Å². The van der Waals surface area contributed by atoms with E-state index in [0.29, 0.717) is 18.5 Å². The van der Waals surface area contributed by atoms with Crippen LogP contribution >= 0.6 is 0 Å². The molecule has 0 aliphatic rings. The van der Waals surface area contributed by atoms with Crippen molar-refractivity contribution in [2.75, 3.05) is 13.7 Å². The Balaban J connectivity index is 1.68. The highest BCUT2D eigenvalue weighted by atomic mass is 16.5. The molecule has 4 nitrogen and oxygen atoms in total. The number of benzene rings is 2. The predicted molar refractivity (Wildman–Crippen MR) is 105 cm³/mol. The summed E-state index contributed by atoms with van der Waals surface area (Å²) in [6.45, 7) is 7.50. The summed E-state index contributed by atoms with van der Waals surface area (Å²) >= 11 is 0. The van der Waals surface area contributed by atoms with Crippen molar-refractivity contribution in [2.24, 2.45) is 0 Å². The van der Waals surface area contributed by atoms with Crippen LogP contribution in [0.5, 0.6) is 11.5 Å². The first-order valence-electron chi connectivity index (χ1n) is 8.79. The average molecular weight is 351 g/mol. The van der Waals surface area contributed by atoms with E-state index in [4.69, 9.17) is 9.47 Å². The zero-order valence-electron chi connectivity index (χ0n) is 15.8. The van der Waals surface area contributed by atoms with Crippen molar-refractivity contribution in [2.45, 2.75) is 32.7 Å². The average Bonchev–Trinajstić information content (AvgIpc) is 2.63. The van der Waals surface area contributed by atoms with Crippen LogP contribution in [0, 0.1) is 0 Å². The van der Waals surface area contributed by atoms with E-state index in [1.807, 2.05) is 24.3 Å². The molecule has 0 fully saturated rings. The van der Waals surface area contributed by atoms with E-state index in [1.54, 1.807) is 30.0 Å². The van der Waals surface area contributed by atoms with Crippen molar-refractivity contribution in [1.29, 1.82) is 0 Å². The lowest BCUT2D eigenvalue weighted by atomic mass is 9.87. The minimum Gasteiger partial charge on any atom is -0.497 e. The standard InChI is InChI=1S/C22H25NO3/c1-22(2,3)17-5-7-18(8-6-17)26-14-13-23-12-11-16-15-19(25-4)9-10-20(16)21(23)24/h5-12,15H,13-14H2,1-4H3. The normalized spacial score (nSPS) is 11.5. The largest absolute Gasteiger partial charge is 0.497 e. The molecule has 2 aromatic carbocycles. The molecule has 0 saturated carbocycles. The third kappa shape index (κ3) is 3.90. The number of rotatable bonds is 5. The minimum absolute atomic E-state index is 0.0168. The van der Waals surface area contributed by atoms with Gasteiger partial charge in [0.05, 0.1) is 13.7 Å². The first-order chi connectivity index (χ1) is 12.4. The lowest BCUT2D eigenvalue weighted by Gasteiger charge is -2.19. The maximum Gasteiger partial charge on any atom is 0.258 e. The van der Waals surface area contributed by atoms with Gasteiger partial charge >= 0.3 is 0 Å². The number of pyridine rings is 1. The molecule has 0 bridgehead atoms. The van der Waals surface area contributed by atoms with E-state index in [1.165, 1.54) is 5.56 Å². The fraction of sp³-hybridized carbons (Fsp3) is 0.318. The minimum atomic E-state index is -0.0168. The van der Waals surface area contributed by atoms with Crippen LogP contribution in [-0.2, 0) is 12.0 Å². The highest BCUT2D eigenvalue weighted by Gasteiger charge is 2.13. The van der Waals surface area contributed by atoms with Gasteiger partial charge in [0, 0.05) is 11.6 Å². The molecule has 0 unspecified atom stereocenters. The van der Waals surface area contributed by atoms with Crippen molar-refractivity contribution >= 4 is 10.8 Å². The van der Waals surface area contributed by atoms with E-state index < -0.39 is 0 Å². The number of hydrogen-bond acceptors (Lipinski definition) is 3. The van der Waals surface area contributed by atoms with Gasteiger partial charge in [-0.2, -0.15) is 0 Å². The first kappa shape index (κ1) is 18.1. The molecule has 0 N–H and O–H groups in total. The van der Waals surface area contributed by atoms with E-state index >= 15 is 0 Å². The molecule has 1 heterocycles. The summed E-state index contributed by atoms with van der Waals surface area (Å²) in [6.07, 6.45) is 1.80. The second-order valence-electron chi connectivity index (χ2n) is 7.39. The Morgan fingerprint density at radius 2 is 1.65 bits per heavy atom. The molecular formula is C22H25NO3. The Labute approximate surface area is 154 Å². The van der Waals surface area contributed by atoms with Crippen molar-refractivity contribution in [3.05, 3.63) is 70.6 Å². The zero-order chi connectivity index (χ0) is 18.7. The molecule has 1 aromatic heterocycles. The van der Waals surface area contributed by atoms with Gasteiger partial charge in [-0.15, -0.1) is 0 Å². The molecular weight excluding hydrogens is 326 g/mol. The van der Waals surface area contributed by atoms with Crippen LogP contribution in [0.25, 0.3) is 10.8 Å². The van der Waals surface area contributed by atoms with Gasteiger partial charge in [0.25, 0.3) is 5.56 Å². The number of hydrogen-bond donors (Lipinski definition) is 0. The molecule has 0 spiro atoms. The number of fused-ring (bicyclic) bond motifs is 1. The Morgan fingerprint density at radius 3 is 2.31 bits per heavy atom. The van der Waals surface area contributed by atoms with Gasteiger partial charge in [0.15, 0.2) is 0 Å². The summed E-state index contributed by atoms with van der Waals surface area (Å²) in [5, 5.41) is 1.56. The number of aromatic nitrogens is 1. The third-order valence-corrected chi connectivity index (χ3v) is 4.51. The second kappa shape index (κ2) is 7.24. The highest BCUT2D eigenvalue weighted by molar-refractivity contribution is 5.82. The summed E-state index contributed by atoms with van der Waals surface area (Å²) in [4.78, 5) is 12.6. The molecule has 0 amide bonds. The Kier molecular flexibility index (Phi) is 5.03. The molecule has 0 atom stereocenters. The number of nitrogens with zero attached hydrogens (tertiary/aromatic N) is 1. The maximum atomic E-state index is 12.6. The van der Waals surface area contributed by atoms with Crippen LogP contribution in [0.1, 0.15) is 26.3 Å². The molecule has 26 heavy (non-hydrogen) atoms. The quantitative estimate of drug-likeness (QED) is 0.685. The van der Waals surface area contributed by atoms with Crippen molar-refractivity contribution < 1.29 is 9.47 Å². The predicted octanol–water partition coefficient (Wildman–Crippen LogP) is 4.39. The van der Waals surface area contributed by atoms with Crippen molar-refractivity contribution in [3.8, 4) is 11.5 Å². The first-order valence-corrected chi connectivity index (χ1v) is 8.79. The van der Waals surface area contributed by atoms with Crippen LogP contribution in [0.2, 0.25) is 0 Å². The lowest BCUT2D eigenvalue weighted by molar-refractivity contribution is 0.296. The number of ether oxygens (including phenoxy) is 2. The van der Waals surface area contributed by atoms with Gasteiger partial charge in [-0.3, -0.25) is 4.79 Å². The maximum absolute atomic E-state index is 12.6. The zero-order valence-corrected chi connectivity index (χ0v) is 15.8. The summed E-state index contributed by atoms with van der Waals surface area (Å²) in [5.74, 6) is 1.56. The molecule has 136 valence electrons. The van der Waals surface area contributed by atoms with Crippen LogP contribution in [0.4, 0.5) is 0 Å². The monoisotopic (exact) mass is 351 g/mol. The molecule has 0 aliphatic carbocycles. The number of methoxy groups -OCH3 is 1. The summed E-state index contributed by atoms with van der Waals surface area (Å²) in [6, 6.07) is 15.5. The van der Waals surface area contributed by atoms with Crippen LogP contribution in [-0.4, -0.2) is 18.3 Å². The van der Waals surface area contributed by atoms with Gasteiger partial charge in [-0.1, -0.05) is 32.9 Å². The van der Waals surface area contributed by atoms with E-state index in [0.717, 1.165) is 16.9 Å². The Bertz CT molecular complexity index is 950. The SMILES string of the molecule is COc1ccc2c(=O)n(CCOc3ccc(C(C)(C)C)cc3)ccc2c1. The summed E-state index contributed by atoms with van der Waals surface area (Å²) < 4.78 is 12.7. The van der Waals surface area contributed by atoms with Gasteiger partial charge in [0.1, 0.15) is 18.1 Å². The fourth-order valence-electron chi connectivity index (χ4n) is 2.88. The van der Waals surface area contributed by atoms with Crippen LogP contribution < -0.4 is 15.0 Å². The van der Waals surface area contributed by atoms with Crippen molar-refractivity contribution in [1.82, 2.24) is 4.57 Å². The van der Waals surface area contributed by atoms with Gasteiger partial charge in [-0.05, 0) is 52.8 Å². The van der Waals surface area contributed by atoms with Crippen LogP contribution in [0.15, 0.2) is 59.5 Å². The highest BCUT2D eigenvalue weighted by Crippen LogP contribution is 2.24. The Morgan fingerprint density at radius 1 is 0.962 bits per heavy atom. The summed E-state index contributed by atoms with van der Waals surface area (Å²) in [5.41, 5.74) is 1.38. The van der Waals surface area contributed by atoms with E-state index in [9.17, 15) is 4.79 Å². The van der Waals surface area contributed by atoms with Crippen molar-refractivity contribution in [3.63, 3.8) is 0 Å². The molecule has 0 radical (unpaired) electrons. The van der Waals surface area contributed by atoms with E-state index in [-0.39, 0.29) is 11.0 Å². The Hall–Kier alpha value is -2.75. The molecule has 4 heteroatoms. The van der Waals surface area contributed by atoms with Gasteiger partial charge in [0.2, 0.25) is 0 Å². The molecule has 3 rings (SSSR count). The lowest BCUT2D eigenvalue weighted by Crippen LogP contribution is -2.22. The van der Waals surface area contributed by atoms with Gasteiger partial charge in [-0.25, -0.2) is 0 Å². The fourth-order valence-corrected chi connectivity index (χ4v) is 2.88.